The van der Waals surface area contributed by atoms with Gasteiger partial charge in [0.15, 0.2) is 0 Å². The lowest BCUT2D eigenvalue weighted by molar-refractivity contribution is -0.137. The van der Waals surface area contributed by atoms with Crippen molar-refractivity contribution in [3.63, 3.8) is 0 Å². The van der Waals surface area contributed by atoms with Crippen molar-refractivity contribution in [1.29, 1.82) is 0 Å². The number of alkyl halides is 3. The molecule has 2 aromatic rings. The standard InChI is InChI=1S/C13H8ClF3N2O2/c14-10-5-4-9(12(20)21)11(19-10)18-8-3-1-2-7(6-8)13(15,16)17/h1-6H,(H,18,19)(H,20,21). The third-order valence-corrected chi connectivity index (χ3v) is 2.75. The summed E-state index contributed by atoms with van der Waals surface area (Å²) in [6, 6.07) is 6.83. The number of benzene rings is 1. The summed E-state index contributed by atoms with van der Waals surface area (Å²) in [6.45, 7) is 0. The summed E-state index contributed by atoms with van der Waals surface area (Å²) < 4.78 is 37.9. The van der Waals surface area contributed by atoms with Crippen molar-refractivity contribution in [3.8, 4) is 0 Å². The Morgan fingerprint density at radius 2 is 1.95 bits per heavy atom. The number of aromatic nitrogens is 1. The molecular weight excluding hydrogens is 309 g/mol. The molecule has 2 N–H and O–H groups in total. The molecule has 0 spiro atoms. The summed E-state index contributed by atoms with van der Waals surface area (Å²) in [5.41, 5.74) is -0.995. The van der Waals surface area contributed by atoms with E-state index in [1.54, 1.807) is 0 Å². The van der Waals surface area contributed by atoms with Gasteiger partial charge in [0.05, 0.1) is 5.56 Å². The monoisotopic (exact) mass is 316 g/mol. The molecule has 0 aliphatic heterocycles. The number of pyridine rings is 1. The highest BCUT2D eigenvalue weighted by molar-refractivity contribution is 6.29. The Bertz CT molecular complexity index is 689. The topological polar surface area (TPSA) is 62.2 Å². The Labute approximate surface area is 122 Å². The van der Waals surface area contributed by atoms with Gasteiger partial charge in [0, 0.05) is 5.69 Å². The van der Waals surface area contributed by atoms with Gasteiger partial charge in [-0.3, -0.25) is 0 Å². The number of carboxylic acid groups (broad SMARTS) is 1. The molecule has 0 atom stereocenters. The van der Waals surface area contributed by atoms with Crippen molar-refractivity contribution in [2.75, 3.05) is 5.32 Å². The lowest BCUT2D eigenvalue weighted by Crippen LogP contribution is -2.07. The lowest BCUT2D eigenvalue weighted by Gasteiger charge is -2.11. The van der Waals surface area contributed by atoms with Crippen LogP contribution in [-0.4, -0.2) is 16.1 Å². The first-order valence-corrected chi connectivity index (χ1v) is 5.99. The molecule has 0 unspecified atom stereocenters. The molecule has 0 aliphatic carbocycles. The Morgan fingerprint density at radius 1 is 1.24 bits per heavy atom. The molecule has 21 heavy (non-hydrogen) atoms. The van der Waals surface area contributed by atoms with E-state index in [4.69, 9.17) is 16.7 Å². The van der Waals surface area contributed by atoms with Gasteiger partial charge in [-0.05, 0) is 30.3 Å². The number of halogens is 4. The smallest absolute Gasteiger partial charge is 0.416 e. The highest BCUT2D eigenvalue weighted by atomic mass is 35.5. The maximum absolute atomic E-state index is 12.6. The summed E-state index contributed by atoms with van der Waals surface area (Å²) >= 11 is 5.67. The maximum Gasteiger partial charge on any atom is 0.416 e. The minimum Gasteiger partial charge on any atom is -0.478 e. The van der Waals surface area contributed by atoms with Gasteiger partial charge >= 0.3 is 12.1 Å². The van der Waals surface area contributed by atoms with E-state index in [1.807, 2.05) is 0 Å². The number of rotatable bonds is 3. The number of hydrogen-bond donors (Lipinski definition) is 2. The highest BCUT2D eigenvalue weighted by Crippen LogP contribution is 2.31. The fourth-order valence-corrected chi connectivity index (χ4v) is 1.76. The van der Waals surface area contributed by atoms with Gasteiger partial charge in [-0.2, -0.15) is 13.2 Å². The molecule has 0 fully saturated rings. The second-order valence-electron chi connectivity index (χ2n) is 4.04. The van der Waals surface area contributed by atoms with Crippen LogP contribution in [0.3, 0.4) is 0 Å². The molecule has 1 heterocycles. The minimum absolute atomic E-state index is 0.0227. The summed E-state index contributed by atoms with van der Waals surface area (Å²) in [5, 5.41) is 11.6. The van der Waals surface area contributed by atoms with Crippen LogP contribution < -0.4 is 5.32 Å². The first-order valence-electron chi connectivity index (χ1n) is 5.61. The summed E-state index contributed by atoms with van der Waals surface area (Å²) in [5.74, 6) is -1.40. The Kier molecular flexibility index (Phi) is 4.04. The van der Waals surface area contributed by atoms with Crippen LogP contribution in [0.1, 0.15) is 15.9 Å². The number of aromatic carboxylic acids is 1. The summed E-state index contributed by atoms with van der Waals surface area (Å²) in [4.78, 5) is 14.8. The second kappa shape index (κ2) is 5.61. The van der Waals surface area contributed by atoms with E-state index in [9.17, 15) is 18.0 Å². The van der Waals surface area contributed by atoms with E-state index in [-0.39, 0.29) is 22.2 Å². The van der Waals surface area contributed by atoms with Crippen LogP contribution in [0.25, 0.3) is 0 Å². The van der Waals surface area contributed by atoms with Crippen LogP contribution in [0.4, 0.5) is 24.7 Å². The molecule has 0 bridgehead atoms. The molecule has 0 saturated carbocycles. The van der Waals surface area contributed by atoms with Crippen LogP contribution in [0.2, 0.25) is 5.15 Å². The molecule has 2 rings (SSSR count). The molecule has 0 aliphatic rings. The van der Waals surface area contributed by atoms with Gasteiger partial charge in [0.2, 0.25) is 0 Å². The number of hydrogen-bond acceptors (Lipinski definition) is 3. The first-order chi connectivity index (χ1) is 9.77. The van der Waals surface area contributed by atoms with Crippen LogP contribution >= 0.6 is 11.6 Å². The number of anilines is 2. The predicted molar refractivity (Wildman–Crippen MR) is 70.9 cm³/mol. The molecule has 1 aromatic carbocycles. The van der Waals surface area contributed by atoms with E-state index in [0.29, 0.717) is 0 Å². The van der Waals surface area contributed by atoms with Crippen molar-refractivity contribution in [2.45, 2.75) is 6.18 Å². The zero-order valence-electron chi connectivity index (χ0n) is 10.3. The minimum atomic E-state index is -4.49. The van der Waals surface area contributed by atoms with Crippen LogP contribution in [0.15, 0.2) is 36.4 Å². The highest BCUT2D eigenvalue weighted by Gasteiger charge is 2.30. The average Bonchev–Trinajstić information content (AvgIpc) is 2.37. The first kappa shape index (κ1) is 15.1. The third kappa shape index (κ3) is 3.63. The largest absolute Gasteiger partial charge is 0.478 e. The Morgan fingerprint density at radius 3 is 2.57 bits per heavy atom. The fraction of sp³-hybridized carbons (Fsp3) is 0.0769. The van der Waals surface area contributed by atoms with Crippen LogP contribution in [-0.2, 0) is 6.18 Å². The molecule has 4 nitrogen and oxygen atoms in total. The average molecular weight is 317 g/mol. The van der Waals surface area contributed by atoms with Gasteiger partial charge in [-0.1, -0.05) is 17.7 Å². The molecule has 0 radical (unpaired) electrons. The number of nitrogens with one attached hydrogen (secondary N) is 1. The number of nitrogens with zero attached hydrogens (tertiary/aromatic N) is 1. The van der Waals surface area contributed by atoms with E-state index >= 15 is 0 Å². The fourth-order valence-electron chi connectivity index (χ4n) is 1.61. The van der Waals surface area contributed by atoms with E-state index < -0.39 is 17.7 Å². The molecule has 8 heteroatoms. The molecule has 1 aromatic heterocycles. The zero-order chi connectivity index (χ0) is 15.6. The van der Waals surface area contributed by atoms with Crippen LogP contribution in [0, 0.1) is 0 Å². The number of carboxylic acids is 1. The van der Waals surface area contributed by atoms with Crippen molar-refractivity contribution in [3.05, 3.63) is 52.7 Å². The summed E-state index contributed by atoms with van der Waals surface area (Å²) in [6.07, 6.45) is -4.49. The lowest BCUT2D eigenvalue weighted by atomic mass is 10.2. The van der Waals surface area contributed by atoms with E-state index in [0.717, 1.165) is 12.1 Å². The van der Waals surface area contributed by atoms with Gasteiger partial charge in [0.25, 0.3) is 0 Å². The van der Waals surface area contributed by atoms with Crippen LogP contribution in [0.5, 0.6) is 0 Å². The van der Waals surface area contributed by atoms with Gasteiger partial charge in [-0.25, -0.2) is 9.78 Å². The van der Waals surface area contributed by atoms with Crippen molar-refractivity contribution in [1.82, 2.24) is 4.98 Å². The summed E-state index contributed by atoms with van der Waals surface area (Å²) in [7, 11) is 0. The van der Waals surface area contributed by atoms with Gasteiger partial charge < -0.3 is 10.4 Å². The van der Waals surface area contributed by atoms with Gasteiger partial charge in [-0.15, -0.1) is 0 Å². The predicted octanol–water partition coefficient (Wildman–Crippen LogP) is 4.20. The van der Waals surface area contributed by atoms with Crippen molar-refractivity contribution < 1.29 is 23.1 Å². The molecular formula is C13H8ClF3N2O2. The molecule has 110 valence electrons. The van der Waals surface area contributed by atoms with E-state index in [2.05, 4.69) is 10.3 Å². The SMILES string of the molecule is O=C(O)c1ccc(Cl)nc1Nc1cccc(C(F)(F)F)c1. The van der Waals surface area contributed by atoms with Crippen molar-refractivity contribution >= 4 is 29.1 Å². The quantitative estimate of drug-likeness (QED) is 0.833. The molecule has 0 amide bonds. The molecule has 0 saturated heterocycles. The third-order valence-electron chi connectivity index (χ3n) is 2.54. The van der Waals surface area contributed by atoms with Crippen molar-refractivity contribution in [2.24, 2.45) is 0 Å². The normalized spacial score (nSPS) is 11.2. The van der Waals surface area contributed by atoms with E-state index in [1.165, 1.54) is 24.3 Å². The Hall–Kier alpha value is -2.28. The zero-order valence-corrected chi connectivity index (χ0v) is 11.0. The number of carbonyl (C=O) groups is 1. The second-order valence-corrected chi connectivity index (χ2v) is 4.43. The van der Waals surface area contributed by atoms with Gasteiger partial charge in [0.1, 0.15) is 16.5 Å². The Balaban J connectivity index is 2.39. The maximum atomic E-state index is 12.6.